The van der Waals surface area contributed by atoms with Gasteiger partial charge in [-0.15, -0.1) is 0 Å². The Morgan fingerprint density at radius 2 is 2.22 bits per heavy atom. The summed E-state index contributed by atoms with van der Waals surface area (Å²) >= 11 is 0. The number of carbonyl (C=O) groups is 1. The third-order valence-corrected chi connectivity index (χ3v) is 3.75. The van der Waals surface area contributed by atoms with Gasteiger partial charge in [-0.1, -0.05) is 0 Å². The predicted octanol–water partition coefficient (Wildman–Crippen LogP) is 0.256. The second kappa shape index (κ2) is 5.46. The van der Waals surface area contributed by atoms with Gasteiger partial charge in [0.05, 0.1) is 12.7 Å². The molecule has 1 unspecified atom stereocenters. The zero-order valence-electron chi connectivity index (χ0n) is 9.75. The van der Waals surface area contributed by atoms with E-state index in [4.69, 9.17) is 5.26 Å². The molecule has 1 aromatic heterocycles. The van der Waals surface area contributed by atoms with Crippen molar-refractivity contribution in [2.24, 2.45) is 0 Å². The van der Waals surface area contributed by atoms with Gasteiger partial charge in [0, 0.05) is 6.20 Å². The van der Waals surface area contributed by atoms with Gasteiger partial charge >= 0.3 is 5.97 Å². The van der Waals surface area contributed by atoms with Crippen molar-refractivity contribution in [3.63, 3.8) is 0 Å². The summed E-state index contributed by atoms with van der Waals surface area (Å²) in [5.41, 5.74) is 0.305. The molecule has 96 valence electrons. The highest BCUT2D eigenvalue weighted by molar-refractivity contribution is 7.94. The molecule has 1 atom stereocenters. The first-order chi connectivity index (χ1) is 8.40. The molecular formula is C10H11N3O4S. The first-order valence-electron chi connectivity index (χ1n) is 4.86. The van der Waals surface area contributed by atoms with Crippen LogP contribution in [0.5, 0.6) is 0 Å². The summed E-state index contributed by atoms with van der Waals surface area (Å²) in [6, 6.07) is 4.60. The first kappa shape index (κ1) is 13.9. The molecular weight excluding hydrogens is 258 g/mol. The molecule has 1 aromatic rings. The molecule has 1 N–H and O–H groups in total. The van der Waals surface area contributed by atoms with Crippen LogP contribution in [-0.4, -0.2) is 31.7 Å². The third kappa shape index (κ3) is 3.18. The summed E-state index contributed by atoms with van der Waals surface area (Å²) in [5.74, 6) is -0.833. The number of rotatable bonds is 4. The number of sulfonamides is 1. The molecule has 8 heteroatoms. The average molecular weight is 269 g/mol. The number of nitriles is 1. The van der Waals surface area contributed by atoms with Crippen LogP contribution >= 0.6 is 0 Å². The van der Waals surface area contributed by atoms with Gasteiger partial charge in [-0.25, -0.2) is 13.4 Å². The van der Waals surface area contributed by atoms with Gasteiger partial charge in [-0.05, 0) is 19.1 Å². The van der Waals surface area contributed by atoms with Crippen molar-refractivity contribution in [2.75, 3.05) is 11.8 Å². The molecule has 0 aliphatic heterocycles. The quantitative estimate of drug-likeness (QED) is 0.785. The second-order valence-electron chi connectivity index (χ2n) is 3.36. The molecule has 7 nitrogen and oxygen atoms in total. The maximum absolute atomic E-state index is 11.7. The normalized spacial score (nSPS) is 12.3. The number of carbonyl (C=O) groups excluding carboxylic acids is 1. The lowest BCUT2D eigenvalue weighted by molar-refractivity contribution is -0.139. The smallest absolute Gasteiger partial charge is 0.325 e. The number of hydrogen-bond donors (Lipinski definition) is 1. The van der Waals surface area contributed by atoms with Crippen LogP contribution in [-0.2, 0) is 19.6 Å². The number of nitrogens with zero attached hydrogens (tertiary/aromatic N) is 2. The SMILES string of the molecule is COC(=O)C(C)S(=O)(=O)Nc1ccc(C#N)cn1. The molecule has 0 radical (unpaired) electrons. The lowest BCUT2D eigenvalue weighted by Crippen LogP contribution is -2.33. The van der Waals surface area contributed by atoms with E-state index in [0.29, 0.717) is 5.56 Å². The maximum atomic E-state index is 11.7. The lowest BCUT2D eigenvalue weighted by atomic mass is 10.3. The molecule has 0 amide bonds. The lowest BCUT2D eigenvalue weighted by Gasteiger charge is -2.12. The van der Waals surface area contributed by atoms with Crippen molar-refractivity contribution in [3.8, 4) is 6.07 Å². The van der Waals surface area contributed by atoms with Crippen LogP contribution in [0.1, 0.15) is 12.5 Å². The van der Waals surface area contributed by atoms with Crippen LogP contribution in [0.2, 0.25) is 0 Å². The summed E-state index contributed by atoms with van der Waals surface area (Å²) in [5, 5.41) is 7.22. The fraction of sp³-hybridized carbons (Fsp3) is 0.300. The van der Waals surface area contributed by atoms with Crippen LogP contribution in [0.4, 0.5) is 5.82 Å². The van der Waals surface area contributed by atoms with Gasteiger partial charge in [-0.3, -0.25) is 9.52 Å². The zero-order chi connectivity index (χ0) is 13.8. The monoisotopic (exact) mass is 269 g/mol. The average Bonchev–Trinajstić information content (AvgIpc) is 2.37. The molecule has 0 saturated carbocycles. The van der Waals surface area contributed by atoms with Crippen LogP contribution < -0.4 is 4.72 Å². The molecule has 1 rings (SSSR count). The maximum Gasteiger partial charge on any atom is 0.325 e. The minimum atomic E-state index is -3.91. The summed E-state index contributed by atoms with van der Waals surface area (Å²) in [4.78, 5) is 14.9. The number of hydrogen-bond acceptors (Lipinski definition) is 6. The van der Waals surface area contributed by atoms with Crippen molar-refractivity contribution >= 4 is 21.8 Å². The van der Waals surface area contributed by atoms with Crippen LogP contribution in [0.15, 0.2) is 18.3 Å². The highest BCUT2D eigenvalue weighted by Gasteiger charge is 2.29. The minimum Gasteiger partial charge on any atom is -0.468 e. The Hall–Kier alpha value is -2.14. The summed E-state index contributed by atoms with van der Waals surface area (Å²) in [6.45, 7) is 1.21. The summed E-state index contributed by atoms with van der Waals surface area (Å²) in [6.07, 6.45) is 1.22. The van der Waals surface area contributed by atoms with Crippen molar-refractivity contribution in [1.82, 2.24) is 4.98 Å². The van der Waals surface area contributed by atoms with Crippen molar-refractivity contribution in [3.05, 3.63) is 23.9 Å². The van der Waals surface area contributed by atoms with Gasteiger partial charge in [-0.2, -0.15) is 5.26 Å². The van der Waals surface area contributed by atoms with E-state index in [1.165, 1.54) is 25.3 Å². The topological polar surface area (TPSA) is 109 Å². The van der Waals surface area contributed by atoms with E-state index in [9.17, 15) is 13.2 Å². The second-order valence-corrected chi connectivity index (χ2v) is 5.36. The van der Waals surface area contributed by atoms with E-state index in [-0.39, 0.29) is 5.82 Å². The van der Waals surface area contributed by atoms with Crippen molar-refractivity contribution in [2.45, 2.75) is 12.2 Å². The van der Waals surface area contributed by atoms with Gasteiger partial charge in [0.1, 0.15) is 11.9 Å². The number of anilines is 1. The van der Waals surface area contributed by atoms with Crippen LogP contribution in [0, 0.1) is 11.3 Å². The molecule has 0 aliphatic rings. The molecule has 1 heterocycles. The van der Waals surface area contributed by atoms with E-state index in [0.717, 1.165) is 7.11 Å². The Morgan fingerprint density at radius 1 is 1.56 bits per heavy atom. The molecule has 0 spiro atoms. The number of nitrogens with one attached hydrogen (secondary N) is 1. The fourth-order valence-electron chi connectivity index (χ4n) is 1.05. The van der Waals surface area contributed by atoms with Gasteiger partial charge in [0.25, 0.3) is 0 Å². The number of aromatic nitrogens is 1. The van der Waals surface area contributed by atoms with E-state index in [1.807, 2.05) is 6.07 Å². The highest BCUT2D eigenvalue weighted by atomic mass is 32.2. The van der Waals surface area contributed by atoms with Gasteiger partial charge in [0.15, 0.2) is 5.25 Å². The zero-order valence-corrected chi connectivity index (χ0v) is 10.6. The van der Waals surface area contributed by atoms with Crippen molar-refractivity contribution in [1.29, 1.82) is 5.26 Å². The van der Waals surface area contributed by atoms with Gasteiger partial charge in [0.2, 0.25) is 10.0 Å². The van der Waals surface area contributed by atoms with Crippen molar-refractivity contribution < 1.29 is 17.9 Å². The predicted molar refractivity (Wildman–Crippen MR) is 63.0 cm³/mol. The Bertz CT molecular complexity index is 574. The van der Waals surface area contributed by atoms with E-state index in [1.54, 1.807) is 0 Å². The van der Waals surface area contributed by atoms with Gasteiger partial charge < -0.3 is 4.74 Å². The van der Waals surface area contributed by atoms with Crippen LogP contribution in [0.3, 0.4) is 0 Å². The highest BCUT2D eigenvalue weighted by Crippen LogP contribution is 2.10. The number of ether oxygens (including phenoxy) is 1. The first-order valence-corrected chi connectivity index (χ1v) is 6.41. The Kier molecular flexibility index (Phi) is 4.23. The standard InChI is InChI=1S/C10H11N3O4S/c1-7(10(14)17-2)18(15,16)13-9-4-3-8(5-11)6-12-9/h3-4,6-7H,1-2H3,(H,12,13). The molecule has 0 fully saturated rings. The molecule has 0 saturated heterocycles. The molecule has 0 bridgehead atoms. The Labute approximate surface area is 104 Å². The van der Waals surface area contributed by atoms with E-state index < -0.39 is 21.2 Å². The molecule has 18 heavy (non-hydrogen) atoms. The molecule has 0 aliphatic carbocycles. The minimum absolute atomic E-state index is 0.0322. The van der Waals surface area contributed by atoms with Crippen LogP contribution in [0.25, 0.3) is 0 Å². The van der Waals surface area contributed by atoms with E-state index in [2.05, 4.69) is 14.4 Å². The summed E-state index contributed by atoms with van der Waals surface area (Å²) in [7, 11) is -2.81. The third-order valence-electron chi connectivity index (χ3n) is 2.14. The Balaban J connectivity index is 2.89. The fourth-order valence-corrected chi connectivity index (χ4v) is 1.99. The van der Waals surface area contributed by atoms with E-state index >= 15 is 0 Å². The molecule has 0 aromatic carbocycles. The number of pyridine rings is 1. The number of methoxy groups -OCH3 is 1. The largest absolute Gasteiger partial charge is 0.468 e. The summed E-state index contributed by atoms with van der Waals surface area (Å²) < 4.78 is 30.0. The Morgan fingerprint density at radius 3 is 2.67 bits per heavy atom. The number of esters is 1.